The third-order valence-corrected chi connectivity index (χ3v) is 6.42. The van der Waals surface area contributed by atoms with Crippen molar-refractivity contribution in [2.24, 2.45) is 0 Å². The van der Waals surface area contributed by atoms with E-state index in [1.807, 2.05) is 30.3 Å². The molecule has 0 N–H and O–H groups in total. The topological polar surface area (TPSA) is 55.8 Å². The molecule has 0 radical (unpaired) electrons. The minimum absolute atomic E-state index is 0.184. The van der Waals surface area contributed by atoms with E-state index in [0.29, 0.717) is 22.9 Å². The van der Waals surface area contributed by atoms with Crippen molar-refractivity contribution < 1.29 is 19.1 Å². The average molecular weight is 455 g/mol. The number of fused-ring (bicyclic) bond motifs is 1. The molecule has 8 heteroatoms. The summed E-state index contributed by atoms with van der Waals surface area (Å²) in [5.41, 5.74) is 1.65. The first-order valence-corrected chi connectivity index (χ1v) is 9.91. The van der Waals surface area contributed by atoms with Crippen LogP contribution in [0.4, 0.5) is 4.79 Å². The summed E-state index contributed by atoms with van der Waals surface area (Å²) in [5.74, 6) is 1.12. The van der Waals surface area contributed by atoms with Gasteiger partial charge in [0.1, 0.15) is 0 Å². The number of hydrogen-bond donors (Lipinski definition) is 0. The third-order valence-electron chi connectivity index (χ3n) is 4.24. The van der Waals surface area contributed by atoms with Gasteiger partial charge in [-0.15, -0.1) is 0 Å². The van der Waals surface area contributed by atoms with E-state index in [4.69, 9.17) is 21.1 Å². The van der Waals surface area contributed by atoms with Crippen LogP contribution in [0.1, 0.15) is 11.1 Å². The quantitative estimate of drug-likeness (QED) is 0.674. The van der Waals surface area contributed by atoms with Crippen LogP contribution in [0.2, 0.25) is 5.02 Å². The van der Waals surface area contributed by atoms with Crippen molar-refractivity contribution in [3.63, 3.8) is 0 Å². The van der Waals surface area contributed by atoms with Gasteiger partial charge >= 0.3 is 0 Å². The maximum atomic E-state index is 12.8. The Morgan fingerprint density at radius 2 is 1.88 bits per heavy atom. The van der Waals surface area contributed by atoms with E-state index in [1.54, 1.807) is 6.07 Å². The molecule has 1 fully saturated rings. The highest BCUT2D eigenvalue weighted by Gasteiger charge is 2.40. The fourth-order valence-electron chi connectivity index (χ4n) is 2.88. The van der Waals surface area contributed by atoms with Gasteiger partial charge in [0.05, 0.1) is 11.8 Å². The molecule has 0 bridgehead atoms. The van der Waals surface area contributed by atoms with Gasteiger partial charge in [0.2, 0.25) is 12.7 Å². The maximum absolute atomic E-state index is 12.8. The molecule has 2 aromatic rings. The van der Waals surface area contributed by atoms with Gasteiger partial charge in [-0.1, -0.05) is 57.5 Å². The molecule has 0 unspecified atom stereocenters. The van der Waals surface area contributed by atoms with Crippen LogP contribution in [0.3, 0.4) is 0 Å². The largest absolute Gasteiger partial charge is 0.454 e. The predicted molar refractivity (Wildman–Crippen MR) is 103 cm³/mol. The highest BCUT2D eigenvalue weighted by atomic mass is 79.9. The van der Waals surface area contributed by atoms with E-state index in [-0.39, 0.29) is 24.5 Å². The highest BCUT2D eigenvalue weighted by molar-refractivity contribution is 9.10. The molecule has 2 aliphatic rings. The van der Waals surface area contributed by atoms with Gasteiger partial charge in [-0.3, -0.25) is 14.5 Å². The van der Waals surface area contributed by atoms with Crippen LogP contribution in [-0.2, 0) is 17.8 Å². The molecule has 2 aliphatic heterocycles. The molecule has 134 valence electrons. The second-order valence-corrected chi connectivity index (χ2v) is 8.30. The number of carbonyl (C=O) groups excluding carboxylic acids is 2. The molecule has 5 nitrogen and oxygen atoms in total. The zero-order chi connectivity index (χ0) is 18.3. The average Bonchev–Trinajstić information content (AvgIpc) is 3.16. The van der Waals surface area contributed by atoms with Crippen molar-refractivity contribution in [1.82, 2.24) is 4.90 Å². The Kier molecular flexibility index (Phi) is 4.86. The molecule has 0 spiro atoms. The molecule has 4 rings (SSSR count). The van der Waals surface area contributed by atoms with Gasteiger partial charge in [-0.05, 0) is 35.7 Å². The zero-order valence-corrected chi connectivity index (χ0v) is 16.6. The molecule has 2 amide bonds. The number of hydrogen-bond acceptors (Lipinski definition) is 5. The Hall–Kier alpha value is -1.70. The van der Waals surface area contributed by atoms with E-state index >= 15 is 0 Å². The second kappa shape index (κ2) is 7.13. The van der Waals surface area contributed by atoms with Crippen molar-refractivity contribution >= 4 is 50.4 Å². The van der Waals surface area contributed by atoms with Gasteiger partial charge in [-0.25, -0.2) is 0 Å². The molecule has 0 aliphatic carbocycles. The summed E-state index contributed by atoms with van der Waals surface area (Å²) in [6, 6.07) is 10.9. The number of benzene rings is 2. The second-order valence-electron chi connectivity index (χ2n) is 5.89. The van der Waals surface area contributed by atoms with Crippen molar-refractivity contribution in [3.05, 3.63) is 57.0 Å². The van der Waals surface area contributed by atoms with Gasteiger partial charge in [0.25, 0.3) is 5.24 Å². The Morgan fingerprint density at radius 3 is 2.65 bits per heavy atom. The van der Waals surface area contributed by atoms with Gasteiger partial charge < -0.3 is 9.47 Å². The predicted octanol–water partition coefficient (Wildman–Crippen LogP) is 4.64. The summed E-state index contributed by atoms with van der Waals surface area (Å²) in [6.45, 7) is 0.371. The first kappa shape index (κ1) is 17.7. The summed E-state index contributed by atoms with van der Waals surface area (Å²) >= 11 is 10.7. The first-order chi connectivity index (χ1) is 12.5. The normalized spacial score (nSPS) is 18.7. The SMILES string of the molecule is O=C1S[C@H](Cc2cc3c(cc2Br)OCO3)C(=O)N1Cc1ccccc1Cl. The third kappa shape index (κ3) is 3.31. The van der Waals surface area contributed by atoms with Crippen LogP contribution in [0.25, 0.3) is 0 Å². The molecular formula is C18H13BrClNO4S. The summed E-state index contributed by atoms with van der Waals surface area (Å²) in [4.78, 5) is 26.4. The lowest BCUT2D eigenvalue weighted by atomic mass is 10.1. The fourth-order valence-corrected chi connectivity index (χ4v) is 4.58. The standard InChI is InChI=1S/C18H13BrClNO4S/c19-12-7-15-14(24-9-25-15)5-11(12)6-16-17(22)21(18(23)26-16)8-10-3-1-2-4-13(10)20/h1-5,7,16H,6,8-9H2/t16-/m1/s1. The van der Waals surface area contributed by atoms with Gasteiger partial charge in [0, 0.05) is 9.50 Å². The lowest BCUT2D eigenvalue weighted by Crippen LogP contribution is -2.31. The molecular weight excluding hydrogens is 442 g/mol. The van der Waals surface area contributed by atoms with E-state index in [0.717, 1.165) is 27.4 Å². The Balaban J connectivity index is 1.52. The summed E-state index contributed by atoms with van der Waals surface area (Å²) in [6.07, 6.45) is 0.422. The fraction of sp³-hybridized carbons (Fsp3) is 0.222. The van der Waals surface area contributed by atoms with Crippen LogP contribution in [0.5, 0.6) is 11.5 Å². The van der Waals surface area contributed by atoms with E-state index in [1.165, 1.54) is 4.90 Å². The Morgan fingerprint density at radius 1 is 1.15 bits per heavy atom. The van der Waals surface area contributed by atoms with Crippen molar-refractivity contribution in [2.75, 3.05) is 6.79 Å². The first-order valence-electron chi connectivity index (χ1n) is 7.86. The summed E-state index contributed by atoms with van der Waals surface area (Å²) in [7, 11) is 0. The zero-order valence-electron chi connectivity index (χ0n) is 13.4. The van der Waals surface area contributed by atoms with Crippen molar-refractivity contribution in [2.45, 2.75) is 18.2 Å². The number of halogens is 2. The summed E-state index contributed by atoms with van der Waals surface area (Å²) in [5, 5.41) is -0.182. The monoisotopic (exact) mass is 453 g/mol. The van der Waals surface area contributed by atoms with Crippen LogP contribution in [0.15, 0.2) is 40.9 Å². The van der Waals surface area contributed by atoms with Crippen LogP contribution in [-0.4, -0.2) is 28.1 Å². The molecule has 0 saturated carbocycles. The van der Waals surface area contributed by atoms with E-state index < -0.39 is 5.25 Å². The summed E-state index contributed by atoms with van der Waals surface area (Å²) < 4.78 is 11.6. The number of rotatable bonds is 4. The Bertz CT molecular complexity index is 907. The minimum atomic E-state index is -0.471. The molecule has 1 saturated heterocycles. The number of carbonyl (C=O) groups is 2. The van der Waals surface area contributed by atoms with E-state index in [2.05, 4.69) is 15.9 Å². The maximum Gasteiger partial charge on any atom is 0.289 e. The molecule has 26 heavy (non-hydrogen) atoms. The number of amides is 2. The van der Waals surface area contributed by atoms with Crippen LogP contribution < -0.4 is 9.47 Å². The molecule has 0 aromatic heterocycles. The van der Waals surface area contributed by atoms with Crippen LogP contribution >= 0.6 is 39.3 Å². The number of nitrogens with zero attached hydrogens (tertiary/aromatic N) is 1. The molecule has 2 heterocycles. The minimum Gasteiger partial charge on any atom is -0.454 e. The van der Waals surface area contributed by atoms with E-state index in [9.17, 15) is 9.59 Å². The highest BCUT2D eigenvalue weighted by Crippen LogP contribution is 2.39. The lowest BCUT2D eigenvalue weighted by molar-refractivity contribution is -0.127. The number of imide groups is 1. The number of thioether (sulfide) groups is 1. The van der Waals surface area contributed by atoms with Crippen LogP contribution in [0, 0.1) is 0 Å². The van der Waals surface area contributed by atoms with Gasteiger partial charge in [-0.2, -0.15) is 0 Å². The molecule has 2 aromatic carbocycles. The smallest absolute Gasteiger partial charge is 0.289 e. The van der Waals surface area contributed by atoms with Crippen molar-refractivity contribution in [3.8, 4) is 11.5 Å². The lowest BCUT2D eigenvalue weighted by Gasteiger charge is -2.15. The van der Waals surface area contributed by atoms with Gasteiger partial charge in [0.15, 0.2) is 11.5 Å². The molecule has 1 atom stereocenters. The number of ether oxygens (including phenoxy) is 2. The van der Waals surface area contributed by atoms with Crippen molar-refractivity contribution in [1.29, 1.82) is 0 Å². The Labute approximate surface area is 167 Å².